The molecule has 0 saturated carbocycles. The molecule has 3 aromatic carbocycles. The Morgan fingerprint density at radius 1 is 1.00 bits per heavy atom. The van der Waals surface area contributed by atoms with Crippen LogP contribution in [0.4, 0.5) is 28.9 Å². The summed E-state index contributed by atoms with van der Waals surface area (Å²) in [6.45, 7) is 3.61. The number of alkyl halides is 3. The molecule has 37 heavy (non-hydrogen) atoms. The van der Waals surface area contributed by atoms with Crippen LogP contribution in [0.25, 0.3) is 22.7 Å². The summed E-state index contributed by atoms with van der Waals surface area (Å²) in [5.74, 6) is -3.63. The molecule has 0 unspecified atom stereocenters. The first-order chi connectivity index (χ1) is 17.4. The van der Waals surface area contributed by atoms with Crippen LogP contribution >= 0.6 is 0 Å². The number of carboxylic acid groups (broad SMARTS) is 1. The Balaban J connectivity index is 1.95. The van der Waals surface area contributed by atoms with Crippen LogP contribution in [0, 0.1) is 19.7 Å². The number of phenolic OH excluding ortho intramolecular Hbond substituents is 1. The average Bonchev–Trinajstić information content (AvgIpc) is 3.10. The highest BCUT2D eigenvalue weighted by atomic mass is 19.4. The Bertz CT molecular complexity index is 1600. The molecular weight excluding hydrogens is 494 g/mol. The van der Waals surface area contributed by atoms with E-state index in [1.807, 2.05) is 6.92 Å². The molecule has 190 valence electrons. The molecule has 0 saturated heterocycles. The van der Waals surface area contributed by atoms with Crippen molar-refractivity contribution in [3.8, 4) is 17.3 Å². The largest absolute Gasteiger partial charge is 0.505 e. The number of halogens is 4. The monoisotopic (exact) mass is 513 g/mol. The number of para-hydroxylation sites is 1. The van der Waals surface area contributed by atoms with E-state index in [2.05, 4.69) is 10.2 Å². The van der Waals surface area contributed by atoms with Crippen LogP contribution < -0.4 is 0 Å². The van der Waals surface area contributed by atoms with Crippen molar-refractivity contribution in [1.29, 1.82) is 0 Å². The molecule has 0 amide bonds. The molecule has 0 aliphatic carbocycles. The van der Waals surface area contributed by atoms with E-state index in [1.54, 1.807) is 25.1 Å². The van der Waals surface area contributed by atoms with Crippen molar-refractivity contribution >= 4 is 34.3 Å². The van der Waals surface area contributed by atoms with Crippen LogP contribution in [0.3, 0.4) is 0 Å². The number of hydrogen-bond donors (Lipinski definition) is 3. The third-order valence-corrected chi connectivity index (χ3v) is 5.76. The lowest BCUT2D eigenvalue weighted by Gasteiger charge is -2.11. The molecule has 0 atom stereocenters. The first-order valence-corrected chi connectivity index (χ1v) is 10.7. The predicted molar refractivity (Wildman–Crippen MR) is 128 cm³/mol. The third kappa shape index (κ3) is 4.88. The Morgan fingerprint density at radius 2 is 1.73 bits per heavy atom. The number of carboxylic acids is 1. The van der Waals surface area contributed by atoms with Gasteiger partial charge in [0.2, 0.25) is 5.88 Å². The zero-order chi connectivity index (χ0) is 27.1. The lowest BCUT2D eigenvalue weighted by Crippen LogP contribution is -2.06. The minimum absolute atomic E-state index is 0.0987. The quantitative estimate of drug-likeness (QED) is 0.148. The SMILES string of the molecule is Cc1ccc(-n2c(O)c(N=Nc3cccc(/C=C\C(=O)O)c3O)c3c(F)cc(C(F)(F)F)cc32)cc1C. The van der Waals surface area contributed by atoms with Crippen molar-refractivity contribution < 1.29 is 37.7 Å². The fourth-order valence-corrected chi connectivity index (χ4v) is 3.75. The van der Waals surface area contributed by atoms with Gasteiger partial charge in [-0.15, -0.1) is 10.2 Å². The van der Waals surface area contributed by atoms with Gasteiger partial charge in [-0.1, -0.05) is 18.2 Å². The summed E-state index contributed by atoms with van der Waals surface area (Å²) < 4.78 is 56.5. The molecule has 4 rings (SSSR count). The number of azo groups is 1. The van der Waals surface area contributed by atoms with Gasteiger partial charge in [0, 0.05) is 17.3 Å². The zero-order valence-corrected chi connectivity index (χ0v) is 19.4. The summed E-state index contributed by atoms with van der Waals surface area (Å²) in [7, 11) is 0. The van der Waals surface area contributed by atoms with E-state index < -0.39 is 46.2 Å². The topological polar surface area (TPSA) is 107 Å². The molecule has 3 N–H and O–H groups in total. The number of aliphatic carboxylic acids is 1. The third-order valence-electron chi connectivity index (χ3n) is 5.76. The van der Waals surface area contributed by atoms with E-state index in [-0.39, 0.29) is 22.5 Å². The second kappa shape index (κ2) is 9.41. The van der Waals surface area contributed by atoms with Gasteiger partial charge >= 0.3 is 12.1 Å². The number of nitrogens with zero attached hydrogens (tertiary/aromatic N) is 3. The van der Waals surface area contributed by atoms with E-state index in [1.165, 1.54) is 18.2 Å². The molecule has 11 heteroatoms. The summed E-state index contributed by atoms with van der Waals surface area (Å²) in [5, 5.41) is 37.5. The Morgan fingerprint density at radius 3 is 2.38 bits per heavy atom. The molecule has 0 spiro atoms. The van der Waals surface area contributed by atoms with Gasteiger partial charge in [0.1, 0.15) is 17.3 Å². The number of benzene rings is 3. The van der Waals surface area contributed by atoms with E-state index in [9.17, 15) is 28.2 Å². The average molecular weight is 513 g/mol. The molecular formula is C26H19F4N3O4. The fraction of sp³-hybridized carbons (Fsp3) is 0.115. The van der Waals surface area contributed by atoms with Gasteiger partial charge in [-0.05, 0) is 61.4 Å². The second-order valence-electron chi connectivity index (χ2n) is 8.21. The van der Waals surface area contributed by atoms with E-state index in [4.69, 9.17) is 5.11 Å². The Kier molecular flexibility index (Phi) is 6.47. The molecule has 0 radical (unpaired) electrons. The first kappa shape index (κ1) is 25.4. The Hall–Kier alpha value is -4.67. The van der Waals surface area contributed by atoms with Crippen molar-refractivity contribution in [3.63, 3.8) is 0 Å². The van der Waals surface area contributed by atoms with E-state index in [0.29, 0.717) is 12.1 Å². The summed E-state index contributed by atoms with van der Waals surface area (Å²) in [4.78, 5) is 10.8. The molecule has 0 bridgehead atoms. The van der Waals surface area contributed by atoms with Gasteiger partial charge in [-0.3, -0.25) is 4.57 Å². The predicted octanol–water partition coefficient (Wildman–Crippen LogP) is 7.33. The van der Waals surface area contributed by atoms with E-state index in [0.717, 1.165) is 27.8 Å². The van der Waals surface area contributed by atoms with Gasteiger partial charge in [-0.2, -0.15) is 13.2 Å². The number of fused-ring (bicyclic) bond motifs is 1. The van der Waals surface area contributed by atoms with Crippen LogP contribution in [-0.2, 0) is 11.0 Å². The lowest BCUT2D eigenvalue weighted by molar-refractivity contribution is -0.137. The van der Waals surface area contributed by atoms with Crippen LogP contribution in [-0.4, -0.2) is 25.9 Å². The number of carbonyl (C=O) groups is 1. The highest BCUT2D eigenvalue weighted by Crippen LogP contribution is 2.45. The maximum absolute atomic E-state index is 15.1. The van der Waals surface area contributed by atoms with Crippen LogP contribution in [0.15, 0.2) is 64.8 Å². The minimum Gasteiger partial charge on any atom is -0.505 e. The smallest absolute Gasteiger partial charge is 0.416 e. The normalized spacial score (nSPS) is 12.3. The van der Waals surface area contributed by atoms with Crippen molar-refractivity contribution in [1.82, 2.24) is 4.57 Å². The van der Waals surface area contributed by atoms with Gasteiger partial charge in [0.25, 0.3) is 0 Å². The van der Waals surface area contributed by atoms with Crippen molar-refractivity contribution in [3.05, 3.63) is 82.7 Å². The maximum atomic E-state index is 15.1. The lowest BCUT2D eigenvalue weighted by atomic mass is 10.1. The number of aromatic nitrogens is 1. The van der Waals surface area contributed by atoms with Crippen molar-refractivity contribution in [2.24, 2.45) is 10.2 Å². The maximum Gasteiger partial charge on any atom is 0.416 e. The molecule has 4 aromatic rings. The molecule has 0 aliphatic rings. The van der Waals surface area contributed by atoms with Crippen molar-refractivity contribution in [2.45, 2.75) is 20.0 Å². The minimum atomic E-state index is -4.85. The summed E-state index contributed by atoms with van der Waals surface area (Å²) in [5.41, 5.74) is -0.0872. The molecule has 0 fully saturated rings. The first-order valence-electron chi connectivity index (χ1n) is 10.7. The van der Waals surface area contributed by atoms with Crippen LogP contribution in [0.5, 0.6) is 11.6 Å². The highest BCUT2D eigenvalue weighted by molar-refractivity contribution is 5.97. The van der Waals surface area contributed by atoms with Gasteiger partial charge in [0.15, 0.2) is 5.69 Å². The molecule has 0 aliphatic heterocycles. The number of hydrogen-bond acceptors (Lipinski definition) is 5. The summed E-state index contributed by atoms with van der Waals surface area (Å²) >= 11 is 0. The van der Waals surface area contributed by atoms with Crippen molar-refractivity contribution in [2.75, 3.05) is 0 Å². The van der Waals surface area contributed by atoms with E-state index >= 15 is 4.39 Å². The van der Waals surface area contributed by atoms with Crippen LogP contribution in [0.1, 0.15) is 22.3 Å². The van der Waals surface area contributed by atoms with Gasteiger partial charge in [0.05, 0.1) is 16.5 Å². The molecule has 7 nitrogen and oxygen atoms in total. The Labute approximate surface area is 207 Å². The number of aryl methyl sites for hydroxylation is 2. The molecule has 1 aromatic heterocycles. The fourth-order valence-electron chi connectivity index (χ4n) is 3.75. The van der Waals surface area contributed by atoms with Crippen LogP contribution in [0.2, 0.25) is 0 Å². The number of rotatable bonds is 5. The molecule has 1 heterocycles. The standard InChI is InChI=1S/C26H19F4N3O4/c1-13-6-8-17(10-14(13)2)33-20-12-16(26(28,29)30)11-18(27)22(20)23(25(33)37)32-31-19-5-3-4-15(24(19)36)7-9-21(34)35/h3-12,36-37H,1-2H3,(H,34,35)/b9-7-,32-31?. The second-order valence-corrected chi connectivity index (χ2v) is 8.21. The zero-order valence-electron chi connectivity index (χ0n) is 19.4. The summed E-state index contributed by atoms with van der Waals surface area (Å²) in [6, 6.07) is 10.1. The highest BCUT2D eigenvalue weighted by Gasteiger charge is 2.33. The number of phenols is 1. The number of aromatic hydroxyl groups is 2. The van der Waals surface area contributed by atoms with Gasteiger partial charge in [-0.25, -0.2) is 9.18 Å². The summed E-state index contributed by atoms with van der Waals surface area (Å²) in [6.07, 6.45) is -2.93. The van der Waals surface area contributed by atoms with Gasteiger partial charge < -0.3 is 15.3 Å².